The number of likely N-dealkylation sites (N-methyl/N-ethyl adjacent to an activating group) is 1. The Hall–Kier alpha value is -0.900. The van der Waals surface area contributed by atoms with Gasteiger partial charge in [0.15, 0.2) is 5.82 Å². The van der Waals surface area contributed by atoms with Gasteiger partial charge in [-0.25, -0.2) is 0 Å². The van der Waals surface area contributed by atoms with Crippen molar-refractivity contribution in [3.05, 3.63) is 11.7 Å². The molecule has 0 radical (unpaired) electrons. The number of nitrogens with zero attached hydrogens (tertiary/aromatic N) is 2. The number of rotatable bonds is 4. The molecule has 21 heavy (non-hydrogen) atoms. The largest absolute Gasteiger partial charge is 0.339 e. The van der Waals surface area contributed by atoms with E-state index in [2.05, 4.69) is 17.4 Å². The second-order valence-electron chi connectivity index (χ2n) is 7.33. The van der Waals surface area contributed by atoms with Crippen molar-refractivity contribution in [2.45, 2.75) is 76.2 Å². The minimum atomic E-state index is 0.429. The van der Waals surface area contributed by atoms with E-state index >= 15 is 0 Å². The summed E-state index contributed by atoms with van der Waals surface area (Å²) in [6.45, 7) is 3.20. The summed E-state index contributed by atoms with van der Waals surface area (Å²) in [5.74, 6) is 4.69. The Morgan fingerprint density at radius 2 is 2.00 bits per heavy atom. The van der Waals surface area contributed by atoms with Crippen molar-refractivity contribution in [2.75, 3.05) is 6.54 Å². The molecule has 3 fully saturated rings. The topological polar surface area (TPSA) is 51.0 Å². The minimum absolute atomic E-state index is 0.429. The maximum Gasteiger partial charge on any atom is 0.231 e. The molecule has 1 aromatic heterocycles. The van der Waals surface area contributed by atoms with Crippen LogP contribution in [0.1, 0.15) is 81.8 Å². The van der Waals surface area contributed by atoms with E-state index in [4.69, 9.17) is 9.51 Å². The second kappa shape index (κ2) is 5.71. The van der Waals surface area contributed by atoms with Crippen LogP contribution in [0.4, 0.5) is 0 Å². The third-order valence-corrected chi connectivity index (χ3v) is 6.08. The zero-order valence-electron chi connectivity index (χ0n) is 13.1. The highest BCUT2D eigenvalue weighted by atomic mass is 16.5. The lowest BCUT2D eigenvalue weighted by Crippen LogP contribution is -2.37. The summed E-state index contributed by atoms with van der Waals surface area (Å²) in [5, 5.41) is 7.98. The number of hydrogen-bond acceptors (Lipinski definition) is 4. The quantitative estimate of drug-likeness (QED) is 0.920. The number of aromatic nitrogens is 2. The van der Waals surface area contributed by atoms with Crippen LogP contribution in [0.3, 0.4) is 0 Å². The molecule has 1 aromatic rings. The van der Waals surface area contributed by atoms with Crippen LogP contribution in [0, 0.1) is 11.8 Å². The Bertz CT molecular complexity index is 484. The van der Waals surface area contributed by atoms with Crippen molar-refractivity contribution in [2.24, 2.45) is 11.8 Å². The van der Waals surface area contributed by atoms with Gasteiger partial charge in [-0.2, -0.15) is 4.98 Å². The van der Waals surface area contributed by atoms with Crippen LogP contribution >= 0.6 is 0 Å². The van der Waals surface area contributed by atoms with Crippen LogP contribution in [0.2, 0.25) is 0 Å². The average Bonchev–Trinajstić information content (AvgIpc) is 3.24. The second-order valence-corrected chi connectivity index (χ2v) is 7.33. The summed E-state index contributed by atoms with van der Waals surface area (Å²) in [6.07, 6.45) is 10.5. The number of hydrogen-bond donors (Lipinski definition) is 1. The molecule has 4 nitrogen and oxygen atoms in total. The summed E-state index contributed by atoms with van der Waals surface area (Å²) in [4.78, 5) is 4.85. The molecule has 0 spiro atoms. The zero-order valence-corrected chi connectivity index (χ0v) is 13.1. The van der Waals surface area contributed by atoms with Crippen molar-refractivity contribution in [1.29, 1.82) is 0 Å². The Morgan fingerprint density at radius 1 is 1.10 bits per heavy atom. The fourth-order valence-electron chi connectivity index (χ4n) is 5.04. The number of nitrogens with one attached hydrogen (secondary N) is 1. The SMILES string of the molecule is CCNC1CCCCC1c1nc(C2CC3CCC2C3)no1. The van der Waals surface area contributed by atoms with Crippen LogP contribution < -0.4 is 5.32 Å². The molecule has 2 bridgehead atoms. The molecular weight excluding hydrogens is 262 g/mol. The lowest BCUT2D eigenvalue weighted by atomic mass is 9.84. The van der Waals surface area contributed by atoms with Crippen molar-refractivity contribution < 1.29 is 4.52 Å². The normalized spacial score (nSPS) is 39.0. The summed E-state index contributed by atoms with van der Waals surface area (Å²) in [7, 11) is 0. The first kappa shape index (κ1) is 13.7. The van der Waals surface area contributed by atoms with Gasteiger partial charge in [-0.1, -0.05) is 31.3 Å². The summed E-state index contributed by atoms with van der Waals surface area (Å²) in [5.41, 5.74) is 0. The molecule has 0 aliphatic heterocycles. The van der Waals surface area contributed by atoms with E-state index in [1.807, 2.05) is 0 Å². The van der Waals surface area contributed by atoms with E-state index in [-0.39, 0.29) is 0 Å². The predicted octanol–water partition coefficient (Wildman–Crippen LogP) is 3.61. The highest BCUT2D eigenvalue weighted by Gasteiger charge is 2.43. The van der Waals surface area contributed by atoms with Gasteiger partial charge in [-0.3, -0.25) is 0 Å². The van der Waals surface area contributed by atoms with Crippen molar-refractivity contribution in [1.82, 2.24) is 15.5 Å². The Morgan fingerprint density at radius 3 is 2.76 bits per heavy atom. The highest BCUT2D eigenvalue weighted by Crippen LogP contribution is 2.52. The molecule has 3 saturated carbocycles. The van der Waals surface area contributed by atoms with Crippen molar-refractivity contribution >= 4 is 0 Å². The van der Waals surface area contributed by atoms with E-state index in [0.29, 0.717) is 17.9 Å². The summed E-state index contributed by atoms with van der Waals surface area (Å²) < 4.78 is 5.70. The molecule has 0 amide bonds. The van der Waals surface area contributed by atoms with Gasteiger partial charge >= 0.3 is 0 Å². The van der Waals surface area contributed by atoms with Crippen molar-refractivity contribution in [3.63, 3.8) is 0 Å². The molecule has 1 N–H and O–H groups in total. The van der Waals surface area contributed by atoms with Gasteiger partial charge in [0.25, 0.3) is 0 Å². The maximum absolute atomic E-state index is 5.70. The Kier molecular flexibility index (Phi) is 3.74. The highest BCUT2D eigenvalue weighted by molar-refractivity contribution is 5.09. The van der Waals surface area contributed by atoms with Gasteiger partial charge in [0.1, 0.15) is 0 Å². The fourth-order valence-corrected chi connectivity index (χ4v) is 5.04. The van der Waals surface area contributed by atoms with Crippen LogP contribution in [0.25, 0.3) is 0 Å². The van der Waals surface area contributed by atoms with Crippen LogP contribution in [-0.2, 0) is 0 Å². The summed E-state index contributed by atoms with van der Waals surface area (Å²) >= 11 is 0. The molecule has 116 valence electrons. The first-order chi connectivity index (χ1) is 10.3. The van der Waals surface area contributed by atoms with Crippen LogP contribution in [0.15, 0.2) is 4.52 Å². The van der Waals surface area contributed by atoms with Crippen LogP contribution in [0.5, 0.6) is 0 Å². The van der Waals surface area contributed by atoms with Crippen LogP contribution in [-0.4, -0.2) is 22.7 Å². The zero-order chi connectivity index (χ0) is 14.2. The van der Waals surface area contributed by atoms with Gasteiger partial charge in [-0.05, 0) is 50.5 Å². The smallest absolute Gasteiger partial charge is 0.231 e. The molecule has 0 aromatic carbocycles. The van der Waals surface area contributed by atoms with E-state index < -0.39 is 0 Å². The molecule has 0 saturated heterocycles. The van der Waals surface area contributed by atoms with E-state index in [9.17, 15) is 0 Å². The Balaban J connectivity index is 1.50. The molecular formula is C17H27N3O. The van der Waals surface area contributed by atoms with Gasteiger partial charge in [0.05, 0.1) is 5.92 Å². The Labute approximate surface area is 127 Å². The first-order valence-corrected chi connectivity index (χ1v) is 8.92. The molecule has 5 unspecified atom stereocenters. The third-order valence-electron chi connectivity index (χ3n) is 6.08. The minimum Gasteiger partial charge on any atom is -0.339 e. The molecule has 3 aliphatic carbocycles. The first-order valence-electron chi connectivity index (χ1n) is 8.92. The van der Waals surface area contributed by atoms with E-state index in [1.165, 1.54) is 51.4 Å². The third kappa shape index (κ3) is 2.52. The van der Waals surface area contributed by atoms with Gasteiger partial charge < -0.3 is 9.84 Å². The monoisotopic (exact) mass is 289 g/mol. The molecule has 1 heterocycles. The van der Waals surface area contributed by atoms with E-state index in [1.54, 1.807) is 0 Å². The molecule has 4 rings (SSSR count). The van der Waals surface area contributed by atoms with Gasteiger partial charge in [0.2, 0.25) is 5.89 Å². The number of fused-ring (bicyclic) bond motifs is 2. The fraction of sp³-hybridized carbons (Fsp3) is 0.882. The average molecular weight is 289 g/mol. The molecule has 5 atom stereocenters. The predicted molar refractivity (Wildman–Crippen MR) is 81.2 cm³/mol. The van der Waals surface area contributed by atoms with Gasteiger partial charge in [-0.15, -0.1) is 0 Å². The lowest BCUT2D eigenvalue weighted by molar-refractivity contribution is 0.263. The molecule has 4 heteroatoms. The van der Waals surface area contributed by atoms with Gasteiger partial charge in [0, 0.05) is 12.0 Å². The maximum atomic E-state index is 5.70. The molecule has 3 aliphatic rings. The van der Waals surface area contributed by atoms with Crippen molar-refractivity contribution in [3.8, 4) is 0 Å². The lowest BCUT2D eigenvalue weighted by Gasteiger charge is -2.29. The van der Waals surface area contributed by atoms with E-state index in [0.717, 1.165) is 30.1 Å². The summed E-state index contributed by atoms with van der Waals surface area (Å²) in [6, 6.07) is 0.525. The standard InChI is InChI=1S/C17H27N3O/c1-2-18-15-6-4-3-5-13(15)17-19-16(20-21-17)14-10-11-7-8-12(14)9-11/h11-15,18H,2-10H2,1H3.